The Morgan fingerprint density at radius 2 is 2.00 bits per heavy atom. The minimum Gasteiger partial charge on any atom is -0.375 e. The summed E-state index contributed by atoms with van der Waals surface area (Å²) in [6, 6.07) is 10.8. The van der Waals surface area contributed by atoms with Crippen LogP contribution in [0.1, 0.15) is 26.3 Å². The second kappa shape index (κ2) is 6.51. The first kappa shape index (κ1) is 14.5. The minimum absolute atomic E-state index is 0.211. The first-order chi connectivity index (χ1) is 9.07. The summed E-state index contributed by atoms with van der Waals surface area (Å²) in [5, 5.41) is 3.46. The fraction of sp³-hybridized carbons (Fsp3) is 0.625. The lowest BCUT2D eigenvalue weighted by atomic mass is 10.0. The largest absolute Gasteiger partial charge is 0.375 e. The van der Waals surface area contributed by atoms with Gasteiger partial charge in [0.15, 0.2) is 0 Å². The predicted molar refractivity (Wildman–Crippen MR) is 79.2 cm³/mol. The van der Waals surface area contributed by atoms with Gasteiger partial charge in [-0.05, 0) is 26.3 Å². The third-order valence-electron chi connectivity index (χ3n) is 3.63. The van der Waals surface area contributed by atoms with Crippen LogP contribution in [0.5, 0.6) is 0 Å². The molecule has 0 unspecified atom stereocenters. The molecule has 0 amide bonds. The predicted octanol–water partition coefficient (Wildman–Crippen LogP) is 2.28. The van der Waals surface area contributed by atoms with Crippen molar-refractivity contribution < 1.29 is 4.74 Å². The second-order valence-electron chi connectivity index (χ2n) is 6.22. The van der Waals surface area contributed by atoms with Crippen LogP contribution >= 0.6 is 0 Å². The van der Waals surface area contributed by atoms with E-state index < -0.39 is 0 Å². The van der Waals surface area contributed by atoms with E-state index in [1.807, 2.05) is 6.07 Å². The normalized spacial score (nSPS) is 21.5. The van der Waals surface area contributed by atoms with Crippen LogP contribution in [0.2, 0.25) is 0 Å². The van der Waals surface area contributed by atoms with Crippen molar-refractivity contribution in [3.8, 4) is 0 Å². The van der Waals surface area contributed by atoms with E-state index in [0.717, 1.165) is 26.2 Å². The van der Waals surface area contributed by atoms with Gasteiger partial charge < -0.3 is 10.1 Å². The van der Waals surface area contributed by atoms with Gasteiger partial charge >= 0.3 is 0 Å². The van der Waals surface area contributed by atoms with Gasteiger partial charge in [0.05, 0.1) is 13.2 Å². The van der Waals surface area contributed by atoms with Gasteiger partial charge in [-0.3, -0.25) is 4.90 Å². The molecule has 1 fully saturated rings. The van der Waals surface area contributed by atoms with Gasteiger partial charge in [0.25, 0.3) is 0 Å². The zero-order valence-electron chi connectivity index (χ0n) is 12.4. The molecule has 1 N–H and O–H groups in total. The molecule has 2 rings (SSSR count). The maximum Gasteiger partial charge on any atom is 0.0717 e. The van der Waals surface area contributed by atoms with Crippen molar-refractivity contribution in [2.24, 2.45) is 0 Å². The average molecular weight is 262 g/mol. The zero-order valence-corrected chi connectivity index (χ0v) is 12.4. The molecule has 1 aliphatic heterocycles. The molecule has 106 valence electrons. The van der Waals surface area contributed by atoms with E-state index in [1.54, 1.807) is 0 Å². The van der Waals surface area contributed by atoms with Gasteiger partial charge in [0.2, 0.25) is 0 Å². The molecule has 1 aromatic rings. The smallest absolute Gasteiger partial charge is 0.0717 e. The van der Waals surface area contributed by atoms with Crippen LogP contribution in [-0.4, -0.2) is 42.7 Å². The summed E-state index contributed by atoms with van der Waals surface area (Å²) < 4.78 is 5.90. The molecule has 1 aliphatic rings. The first-order valence-corrected chi connectivity index (χ1v) is 7.16. The number of nitrogens with zero attached hydrogens (tertiary/aromatic N) is 1. The Labute approximate surface area is 116 Å². The van der Waals surface area contributed by atoms with E-state index in [2.05, 4.69) is 55.3 Å². The molecular weight excluding hydrogens is 236 g/mol. The molecule has 0 spiro atoms. The summed E-state index contributed by atoms with van der Waals surface area (Å²) in [5.41, 5.74) is 1.46. The maximum atomic E-state index is 5.90. The molecule has 0 radical (unpaired) electrons. The molecule has 0 bridgehead atoms. The number of ether oxygens (including phenoxy) is 1. The molecule has 1 atom stereocenters. The average Bonchev–Trinajstić information content (AvgIpc) is 2.39. The molecule has 3 heteroatoms. The van der Waals surface area contributed by atoms with Crippen LogP contribution in [0, 0.1) is 0 Å². The fourth-order valence-corrected chi connectivity index (χ4v) is 2.68. The van der Waals surface area contributed by atoms with Crippen molar-refractivity contribution in [2.75, 3.05) is 26.2 Å². The number of benzene rings is 1. The van der Waals surface area contributed by atoms with Gasteiger partial charge in [-0.1, -0.05) is 30.3 Å². The SMILES string of the molecule is CC(C)(C)N1CCNC[C@@H]1COCc1ccccc1. The van der Waals surface area contributed by atoms with Crippen molar-refractivity contribution in [1.29, 1.82) is 0 Å². The number of nitrogens with one attached hydrogen (secondary N) is 1. The lowest BCUT2D eigenvalue weighted by molar-refractivity contribution is -0.00342. The van der Waals surface area contributed by atoms with Crippen molar-refractivity contribution in [2.45, 2.75) is 39.0 Å². The molecule has 0 aliphatic carbocycles. The lowest BCUT2D eigenvalue weighted by Crippen LogP contribution is -2.59. The minimum atomic E-state index is 0.211. The third kappa shape index (κ3) is 4.30. The Balaban J connectivity index is 1.83. The standard InChI is InChI=1S/C16H26N2O/c1-16(2,3)18-10-9-17-11-15(18)13-19-12-14-7-5-4-6-8-14/h4-8,15,17H,9-13H2,1-3H3/t15-/m1/s1. The van der Waals surface area contributed by atoms with Crippen LogP contribution in [0.3, 0.4) is 0 Å². The third-order valence-corrected chi connectivity index (χ3v) is 3.63. The summed E-state index contributed by atoms with van der Waals surface area (Å²) in [7, 11) is 0. The van der Waals surface area contributed by atoms with Crippen molar-refractivity contribution in [3.63, 3.8) is 0 Å². The van der Waals surface area contributed by atoms with E-state index in [4.69, 9.17) is 4.74 Å². The second-order valence-corrected chi connectivity index (χ2v) is 6.22. The van der Waals surface area contributed by atoms with Crippen LogP contribution in [0.4, 0.5) is 0 Å². The van der Waals surface area contributed by atoms with Gasteiger partial charge in [0, 0.05) is 31.2 Å². The van der Waals surface area contributed by atoms with Gasteiger partial charge in [-0.15, -0.1) is 0 Å². The van der Waals surface area contributed by atoms with E-state index in [0.29, 0.717) is 12.6 Å². The van der Waals surface area contributed by atoms with Crippen molar-refractivity contribution in [1.82, 2.24) is 10.2 Å². The van der Waals surface area contributed by atoms with Crippen LogP contribution < -0.4 is 5.32 Å². The van der Waals surface area contributed by atoms with Crippen molar-refractivity contribution >= 4 is 0 Å². The molecule has 3 nitrogen and oxygen atoms in total. The quantitative estimate of drug-likeness (QED) is 0.901. The van der Waals surface area contributed by atoms with E-state index in [-0.39, 0.29) is 5.54 Å². The highest BCUT2D eigenvalue weighted by molar-refractivity contribution is 5.13. The monoisotopic (exact) mass is 262 g/mol. The van der Waals surface area contributed by atoms with Crippen molar-refractivity contribution in [3.05, 3.63) is 35.9 Å². The van der Waals surface area contributed by atoms with Gasteiger partial charge in [-0.2, -0.15) is 0 Å². The maximum absolute atomic E-state index is 5.90. The topological polar surface area (TPSA) is 24.5 Å². The molecule has 0 aromatic heterocycles. The Morgan fingerprint density at radius 1 is 1.26 bits per heavy atom. The van der Waals surface area contributed by atoms with Crippen LogP contribution in [-0.2, 0) is 11.3 Å². The van der Waals surface area contributed by atoms with E-state index in [1.165, 1.54) is 5.56 Å². The first-order valence-electron chi connectivity index (χ1n) is 7.16. The number of rotatable bonds is 4. The Kier molecular flexibility index (Phi) is 4.97. The number of piperazine rings is 1. The highest BCUT2D eigenvalue weighted by atomic mass is 16.5. The molecule has 19 heavy (non-hydrogen) atoms. The Hall–Kier alpha value is -0.900. The Bertz CT molecular complexity index is 372. The van der Waals surface area contributed by atoms with E-state index >= 15 is 0 Å². The summed E-state index contributed by atoms with van der Waals surface area (Å²) in [6.45, 7) is 11.5. The summed E-state index contributed by atoms with van der Waals surface area (Å²) in [6.07, 6.45) is 0. The molecule has 1 saturated heterocycles. The highest BCUT2D eigenvalue weighted by Gasteiger charge is 2.30. The molecule has 1 heterocycles. The zero-order chi connectivity index (χ0) is 13.7. The number of hydrogen-bond donors (Lipinski definition) is 1. The van der Waals surface area contributed by atoms with E-state index in [9.17, 15) is 0 Å². The summed E-state index contributed by atoms with van der Waals surface area (Å²) in [4.78, 5) is 2.55. The fourth-order valence-electron chi connectivity index (χ4n) is 2.68. The summed E-state index contributed by atoms with van der Waals surface area (Å²) >= 11 is 0. The lowest BCUT2D eigenvalue weighted by Gasteiger charge is -2.44. The van der Waals surface area contributed by atoms with Gasteiger partial charge in [-0.25, -0.2) is 0 Å². The molecular formula is C16H26N2O. The highest BCUT2D eigenvalue weighted by Crippen LogP contribution is 2.18. The summed E-state index contributed by atoms with van der Waals surface area (Å²) in [5.74, 6) is 0. The van der Waals surface area contributed by atoms with Crippen LogP contribution in [0.15, 0.2) is 30.3 Å². The molecule has 0 saturated carbocycles. The van der Waals surface area contributed by atoms with Crippen LogP contribution in [0.25, 0.3) is 0 Å². The molecule has 1 aromatic carbocycles. The Morgan fingerprint density at radius 3 is 2.68 bits per heavy atom. The van der Waals surface area contributed by atoms with Gasteiger partial charge in [0.1, 0.15) is 0 Å². The number of hydrogen-bond acceptors (Lipinski definition) is 3.